The minimum absolute atomic E-state index is 0.0297. The third-order valence-corrected chi connectivity index (χ3v) is 7.39. The maximum atomic E-state index is 12.7. The molecule has 0 radical (unpaired) electrons. The van der Waals surface area contributed by atoms with Gasteiger partial charge in [-0.25, -0.2) is 13.2 Å². The van der Waals surface area contributed by atoms with Crippen LogP contribution in [0.5, 0.6) is 0 Å². The zero-order chi connectivity index (χ0) is 20.9. The largest absolute Gasteiger partial charge is 0.331 e. The lowest BCUT2D eigenvalue weighted by molar-refractivity contribution is 0.146. The number of benzene rings is 1. The number of nitrogens with zero attached hydrogens (tertiary/aromatic N) is 2. The Bertz CT molecular complexity index is 763. The van der Waals surface area contributed by atoms with E-state index < -0.39 is 9.84 Å². The van der Waals surface area contributed by atoms with Gasteiger partial charge in [-0.15, -0.1) is 0 Å². The number of sulfone groups is 1. The van der Waals surface area contributed by atoms with Crippen LogP contribution in [0.1, 0.15) is 57.1 Å². The first-order valence-corrected chi connectivity index (χ1v) is 12.8. The molecular formula is C22H35N3O3S. The molecule has 162 valence electrons. The van der Waals surface area contributed by atoms with Gasteiger partial charge in [0.25, 0.3) is 0 Å². The van der Waals surface area contributed by atoms with E-state index in [0.29, 0.717) is 10.8 Å². The lowest BCUT2D eigenvalue weighted by Crippen LogP contribution is -2.46. The highest BCUT2D eigenvalue weighted by Crippen LogP contribution is 2.22. The van der Waals surface area contributed by atoms with Gasteiger partial charge in [0.05, 0.1) is 10.9 Å². The van der Waals surface area contributed by atoms with E-state index in [0.717, 1.165) is 31.5 Å². The monoisotopic (exact) mass is 421 g/mol. The molecule has 2 fully saturated rings. The molecule has 2 aliphatic heterocycles. The van der Waals surface area contributed by atoms with E-state index in [1.165, 1.54) is 51.6 Å². The van der Waals surface area contributed by atoms with E-state index in [2.05, 4.69) is 10.2 Å². The van der Waals surface area contributed by atoms with E-state index in [1.807, 2.05) is 11.8 Å². The maximum absolute atomic E-state index is 12.7. The summed E-state index contributed by atoms with van der Waals surface area (Å²) >= 11 is 0. The number of hydrogen-bond acceptors (Lipinski definition) is 4. The van der Waals surface area contributed by atoms with Crippen LogP contribution in [0.25, 0.3) is 0 Å². The highest BCUT2D eigenvalue weighted by atomic mass is 32.2. The molecule has 3 rings (SSSR count). The van der Waals surface area contributed by atoms with E-state index in [4.69, 9.17) is 0 Å². The van der Waals surface area contributed by atoms with Crippen molar-refractivity contribution in [2.24, 2.45) is 5.92 Å². The predicted octanol–water partition coefficient (Wildman–Crippen LogP) is 3.45. The Morgan fingerprint density at radius 3 is 2.17 bits per heavy atom. The van der Waals surface area contributed by atoms with Gasteiger partial charge in [0.1, 0.15) is 0 Å². The fraction of sp³-hybridized carbons (Fsp3) is 0.682. The summed E-state index contributed by atoms with van der Waals surface area (Å²) in [5.74, 6) is 0.693. The van der Waals surface area contributed by atoms with Gasteiger partial charge in [-0.3, -0.25) is 0 Å². The number of carbonyl (C=O) groups is 1. The van der Waals surface area contributed by atoms with Crippen LogP contribution in [0.15, 0.2) is 29.2 Å². The Labute approximate surface area is 175 Å². The van der Waals surface area contributed by atoms with Gasteiger partial charge < -0.3 is 15.1 Å². The van der Waals surface area contributed by atoms with Crippen LogP contribution >= 0.6 is 0 Å². The molecule has 0 saturated carbocycles. The predicted molar refractivity (Wildman–Crippen MR) is 116 cm³/mol. The van der Waals surface area contributed by atoms with Crippen molar-refractivity contribution in [3.63, 3.8) is 0 Å². The molecule has 1 aromatic carbocycles. The van der Waals surface area contributed by atoms with Crippen molar-refractivity contribution in [3.05, 3.63) is 29.8 Å². The van der Waals surface area contributed by atoms with Crippen LogP contribution < -0.4 is 5.32 Å². The summed E-state index contributed by atoms with van der Waals surface area (Å²) in [6.07, 6.45) is 8.72. The van der Waals surface area contributed by atoms with Gasteiger partial charge >= 0.3 is 6.03 Å². The number of carbonyl (C=O) groups excluding carboxylic acids is 1. The van der Waals surface area contributed by atoms with Crippen molar-refractivity contribution < 1.29 is 13.2 Å². The molecule has 2 saturated heterocycles. The number of urea groups is 1. The molecule has 1 atom stereocenters. The summed E-state index contributed by atoms with van der Waals surface area (Å²) in [5, 5.41) is 3.06. The number of piperidine rings is 1. The van der Waals surface area contributed by atoms with Crippen LogP contribution in [0, 0.1) is 5.92 Å². The summed E-state index contributed by atoms with van der Waals surface area (Å²) in [6, 6.07) is 6.55. The number of rotatable bonds is 5. The van der Waals surface area contributed by atoms with Gasteiger partial charge in [-0.2, -0.15) is 0 Å². The van der Waals surface area contributed by atoms with E-state index >= 15 is 0 Å². The molecule has 2 amide bonds. The molecule has 7 heteroatoms. The number of hydrogen-bond donors (Lipinski definition) is 1. The van der Waals surface area contributed by atoms with Crippen molar-refractivity contribution in [1.82, 2.24) is 15.1 Å². The second-order valence-electron chi connectivity index (χ2n) is 8.66. The summed E-state index contributed by atoms with van der Waals surface area (Å²) in [6.45, 7) is 7.19. The first-order chi connectivity index (χ1) is 13.8. The standard InChI is InChI=1S/C22H35N3O3S/c1-18(20-7-9-21(10-8-20)29(2,27)28)23-22(26)25-15-11-19(12-16-25)17-24-13-5-3-4-6-14-24/h7-10,18-19H,3-6,11-17H2,1-2H3,(H,23,26). The Hall–Kier alpha value is -1.60. The van der Waals surface area contributed by atoms with E-state index in [1.54, 1.807) is 24.3 Å². The lowest BCUT2D eigenvalue weighted by atomic mass is 9.96. The highest BCUT2D eigenvalue weighted by Gasteiger charge is 2.25. The fourth-order valence-electron chi connectivity index (χ4n) is 4.37. The van der Waals surface area contributed by atoms with Crippen LogP contribution in [0.4, 0.5) is 4.79 Å². The Kier molecular flexibility index (Phi) is 7.57. The zero-order valence-corrected chi connectivity index (χ0v) is 18.6. The molecular weight excluding hydrogens is 386 g/mol. The lowest BCUT2D eigenvalue weighted by Gasteiger charge is -2.35. The molecule has 29 heavy (non-hydrogen) atoms. The minimum atomic E-state index is -3.20. The van der Waals surface area contributed by atoms with Crippen molar-refractivity contribution in [2.75, 3.05) is 39.0 Å². The third-order valence-electron chi connectivity index (χ3n) is 6.27. The summed E-state index contributed by atoms with van der Waals surface area (Å²) in [5.41, 5.74) is 0.904. The average Bonchev–Trinajstić information content (AvgIpc) is 2.96. The molecule has 2 heterocycles. The molecule has 6 nitrogen and oxygen atoms in total. The Balaban J connectivity index is 1.45. The number of nitrogens with one attached hydrogen (secondary N) is 1. The second kappa shape index (κ2) is 9.94. The van der Waals surface area contributed by atoms with E-state index in [9.17, 15) is 13.2 Å². The first-order valence-electron chi connectivity index (χ1n) is 10.9. The molecule has 0 bridgehead atoms. The second-order valence-corrected chi connectivity index (χ2v) is 10.7. The maximum Gasteiger partial charge on any atom is 0.317 e. The molecule has 0 spiro atoms. The number of likely N-dealkylation sites (tertiary alicyclic amines) is 2. The topological polar surface area (TPSA) is 69.7 Å². The zero-order valence-electron chi connectivity index (χ0n) is 17.8. The minimum Gasteiger partial charge on any atom is -0.331 e. The summed E-state index contributed by atoms with van der Waals surface area (Å²) < 4.78 is 23.2. The van der Waals surface area contributed by atoms with Gasteiger partial charge in [0.2, 0.25) is 0 Å². The first kappa shape index (κ1) is 22.1. The third kappa shape index (κ3) is 6.44. The molecule has 1 aromatic rings. The van der Waals surface area contributed by atoms with Crippen LogP contribution in [0.2, 0.25) is 0 Å². The smallest absolute Gasteiger partial charge is 0.317 e. The van der Waals surface area contributed by atoms with E-state index in [-0.39, 0.29) is 12.1 Å². The van der Waals surface area contributed by atoms with Gasteiger partial charge in [-0.1, -0.05) is 25.0 Å². The van der Waals surface area contributed by atoms with Crippen LogP contribution in [-0.4, -0.2) is 63.2 Å². The van der Waals surface area contributed by atoms with Crippen molar-refractivity contribution in [1.29, 1.82) is 0 Å². The Morgan fingerprint density at radius 2 is 1.62 bits per heavy atom. The summed E-state index contributed by atoms with van der Waals surface area (Å²) in [7, 11) is -3.20. The molecule has 2 aliphatic rings. The fourth-order valence-corrected chi connectivity index (χ4v) is 5.00. The SMILES string of the molecule is CC(NC(=O)N1CCC(CN2CCCCCC2)CC1)c1ccc(S(C)(=O)=O)cc1. The Morgan fingerprint density at radius 1 is 1.03 bits per heavy atom. The van der Waals surface area contributed by atoms with Gasteiger partial charge in [0.15, 0.2) is 9.84 Å². The van der Waals surface area contributed by atoms with Crippen molar-refractivity contribution in [2.45, 2.75) is 56.4 Å². The highest BCUT2D eigenvalue weighted by molar-refractivity contribution is 7.90. The molecule has 0 aromatic heterocycles. The van der Waals surface area contributed by atoms with Gasteiger partial charge in [0, 0.05) is 25.9 Å². The van der Waals surface area contributed by atoms with Crippen molar-refractivity contribution >= 4 is 15.9 Å². The van der Waals surface area contributed by atoms with Crippen LogP contribution in [-0.2, 0) is 9.84 Å². The molecule has 1 unspecified atom stereocenters. The summed E-state index contributed by atoms with van der Waals surface area (Å²) in [4.78, 5) is 17.5. The quantitative estimate of drug-likeness (QED) is 0.791. The molecule has 1 N–H and O–H groups in total. The van der Waals surface area contributed by atoms with Crippen LogP contribution in [0.3, 0.4) is 0 Å². The average molecular weight is 422 g/mol. The van der Waals surface area contributed by atoms with Crippen molar-refractivity contribution in [3.8, 4) is 0 Å². The van der Waals surface area contributed by atoms with Gasteiger partial charge in [-0.05, 0) is 69.3 Å². The number of amides is 2. The normalized spacial score (nSPS) is 20.8. The molecule has 0 aliphatic carbocycles.